The Balaban J connectivity index is 0.688. The van der Waals surface area contributed by atoms with E-state index >= 15 is 0 Å². The molecule has 0 unspecified atom stereocenters. The highest BCUT2D eigenvalue weighted by molar-refractivity contribution is 5.89. The van der Waals surface area contributed by atoms with Crippen LogP contribution < -0.4 is 15.4 Å². The number of amides is 1. The number of pyridine rings is 1. The number of anilines is 2. The topological polar surface area (TPSA) is 141 Å². The highest BCUT2D eigenvalue weighted by Gasteiger charge is 2.25. The van der Waals surface area contributed by atoms with Gasteiger partial charge in [0, 0.05) is 124 Å². The van der Waals surface area contributed by atoms with E-state index in [1.807, 2.05) is 71.8 Å². The molecule has 1 amide bonds. The van der Waals surface area contributed by atoms with Gasteiger partial charge in [-0.25, -0.2) is 9.97 Å². The van der Waals surface area contributed by atoms with Gasteiger partial charge >= 0.3 is 0 Å². The smallest absolute Gasteiger partial charge is 0.222 e. The van der Waals surface area contributed by atoms with Crippen LogP contribution in [0.3, 0.4) is 0 Å². The van der Waals surface area contributed by atoms with Gasteiger partial charge in [0.2, 0.25) is 5.91 Å². The van der Waals surface area contributed by atoms with E-state index in [9.17, 15) is 9.59 Å². The lowest BCUT2D eigenvalue weighted by Gasteiger charge is -2.33. The molecule has 1 aliphatic carbocycles. The number of rotatable bonds is 25. The summed E-state index contributed by atoms with van der Waals surface area (Å²) in [5, 5.41) is 12.6. The number of aldehydes is 1. The maximum absolute atomic E-state index is 13.1. The minimum atomic E-state index is 0.178. The van der Waals surface area contributed by atoms with Crippen LogP contribution in [0.25, 0.3) is 29.2 Å². The number of aromatic nitrogens is 3. The van der Waals surface area contributed by atoms with Crippen LogP contribution in [0.5, 0.6) is 5.75 Å². The molecule has 3 aliphatic rings. The van der Waals surface area contributed by atoms with Crippen molar-refractivity contribution in [3.63, 3.8) is 0 Å². The molecule has 1 fully saturated rings. The highest BCUT2D eigenvalue weighted by Crippen LogP contribution is 2.32. The molecule has 0 spiro atoms. The normalized spacial score (nSPS) is 14.2. The monoisotopic (exact) mass is 1020 g/mol. The third-order valence-corrected chi connectivity index (χ3v) is 14.1. The number of hydrogen-bond donors (Lipinski definition) is 2. The van der Waals surface area contributed by atoms with E-state index in [1.165, 1.54) is 5.57 Å². The number of fused-ring (bicyclic) bond motifs is 2. The van der Waals surface area contributed by atoms with Gasteiger partial charge in [0.05, 0.1) is 25.4 Å². The second kappa shape index (κ2) is 27.6. The summed E-state index contributed by atoms with van der Waals surface area (Å²) in [6.45, 7) is 22.2. The minimum Gasteiger partial charge on any atom is -0.489 e. The van der Waals surface area contributed by atoms with Crippen LogP contribution in [0, 0.1) is 11.8 Å². The van der Waals surface area contributed by atoms with E-state index in [0.29, 0.717) is 83.3 Å². The number of aryl methyl sites for hydroxylation is 1. The second-order valence-electron chi connectivity index (χ2n) is 19.4. The number of allylic oxidation sites excluding steroid dienone is 2. The van der Waals surface area contributed by atoms with Crippen LogP contribution in [-0.4, -0.2) is 126 Å². The predicted octanol–water partition coefficient (Wildman–Crippen LogP) is 10.00. The Morgan fingerprint density at radius 1 is 0.934 bits per heavy atom. The largest absolute Gasteiger partial charge is 0.489 e. The van der Waals surface area contributed by atoms with Gasteiger partial charge in [-0.05, 0) is 111 Å². The van der Waals surface area contributed by atoms with E-state index in [1.54, 1.807) is 6.08 Å². The second-order valence-corrected chi connectivity index (χ2v) is 19.4. The molecule has 1 saturated heterocycles. The quantitative estimate of drug-likeness (QED) is 0.0189. The van der Waals surface area contributed by atoms with Crippen LogP contribution in [0.1, 0.15) is 101 Å². The Kier molecular flexibility index (Phi) is 19.8. The van der Waals surface area contributed by atoms with E-state index in [0.717, 1.165) is 138 Å². The number of nitrogens with one attached hydrogen (secondary N) is 2. The van der Waals surface area contributed by atoms with Crippen LogP contribution >= 0.6 is 0 Å². The summed E-state index contributed by atoms with van der Waals surface area (Å²) in [5.74, 6) is 9.15. The van der Waals surface area contributed by atoms with Crippen molar-refractivity contribution in [2.75, 3.05) is 83.3 Å². The van der Waals surface area contributed by atoms with Gasteiger partial charge in [-0.1, -0.05) is 85.2 Å². The van der Waals surface area contributed by atoms with E-state index in [4.69, 9.17) is 24.4 Å². The number of unbranched alkanes of at least 4 members (excludes halogenated alkanes) is 1. The molecule has 4 heterocycles. The number of hydrogen-bond acceptors (Lipinski definition) is 13. The first-order chi connectivity index (χ1) is 37.2. The van der Waals surface area contributed by atoms with Gasteiger partial charge < -0.3 is 29.9 Å². The Labute approximate surface area is 449 Å². The zero-order valence-electron chi connectivity index (χ0n) is 44.4. The summed E-state index contributed by atoms with van der Waals surface area (Å²) in [6, 6.07) is 24.2. The molecule has 0 atom stereocenters. The number of hydrazone groups is 1. The fraction of sp³-hybridized carbons (Fsp3) is 0.355. The molecule has 76 heavy (non-hydrogen) atoms. The highest BCUT2D eigenvalue weighted by atomic mass is 16.5. The third-order valence-electron chi connectivity index (χ3n) is 14.1. The van der Waals surface area contributed by atoms with E-state index < -0.39 is 0 Å². The molecule has 0 radical (unpaired) electrons. The van der Waals surface area contributed by atoms with Crippen molar-refractivity contribution in [2.24, 2.45) is 5.10 Å². The Bertz CT molecular complexity index is 2950. The molecule has 3 aromatic carbocycles. The van der Waals surface area contributed by atoms with Crippen LogP contribution in [0.15, 0.2) is 115 Å². The first-order valence-electron chi connectivity index (χ1n) is 26.6. The van der Waals surface area contributed by atoms with Gasteiger partial charge in [0.25, 0.3) is 0 Å². The van der Waals surface area contributed by atoms with Gasteiger partial charge in [0.1, 0.15) is 18.2 Å². The first kappa shape index (κ1) is 54.4. The zero-order chi connectivity index (χ0) is 53.1. The lowest BCUT2D eigenvalue weighted by molar-refractivity contribution is -0.133. The van der Waals surface area contributed by atoms with Crippen molar-refractivity contribution in [3.05, 3.63) is 160 Å². The maximum Gasteiger partial charge on any atom is 0.222 e. The molecule has 2 aromatic heterocycles. The van der Waals surface area contributed by atoms with Crippen molar-refractivity contribution in [3.8, 4) is 29.0 Å². The van der Waals surface area contributed by atoms with Crippen LogP contribution in [0.4, 0.5) is 11.5 Å². The lowest BCUT2D eigenvalue weighted by atomic mass is 10.0. The van der Waals surface area contributed by atoms with Crippen molar-refractivity contribution < 1.29 is 19.1 Å². The number of nitrogens with zero attached hydrogens (tertiary/aromatic N) is 8. The first-order valence-corrected chi connectivity index (χ1v) is 26.6. The van der Waals surface area contributed by atoms with Gasteiger partial charge in [-0.15, -0.1) is 0 Å². The summed E-state index contributed by atoms with van der Waals surface area (Å²) in [4.78, 5) is 45.9. The summed E-state index contributed by atoms with van der Waals surface area (Å²) in [5.41, 5.74) is 12.8. The summed E-state index contributed by atoms with van der Waals surface area (Å²) in [7, 11) is 1.92. The zero-order valence-corrected chi connectivity index (χ0v) is 44.4. The summed E-state index contributed by atoms with van der Waals surface area (Å²) in [6.07, 6.45) is 17.7. The SMILES string of the molecule is C=Cc1cccc(NCCOCCCC/C(C)=C/N(CCCC(=O)N2CCN(CC#Cc3ccc(OCc4ccc(C(=C)N5CCc6c(nc(-c7cnc8c(c7)C=CCC8)nc6NC)C5)cc4)cc3)CC2)N=C)c1C=O. The average Bonchev–Trinajstić information content (AvgIpc) is 3.48. The van der Waals surface area contributed by atoms with Gasteiger partial charge in [-0.3, -0.25) is 24.5 Å². The lowest BCUT2D eigenvalue weighted by Crippen LogP contribution is -2.48. The fourth-order valence-corrected chi connectivity index (χ4v) is 9.66. The van der Waals surface area contributed by atoms with Crippen LogP contribution in [0.2, 0.25) is 0 Å². The number of benzene rings is 3. The molecule has 0 saturated carbocycles. The third kappa shape index (κ3) is 14.9. The van der Waals surface area contributed by atoms with Crippen molar-refractivity contribution in [2.45, 2.75) is 71.4 Å². The van der Waals surface area contributed by atoms with E-state index in [-0.39, 0.29) is 5.91 Å². The summed E-state index contributed by atoms with van der Waals surface area (Å²) >= 11 is 0. The molecule has 8 rings (SSSR count). The Morgan fingerprint density at radius 2 is 1.76 bits per heavy atom. The fourth-order valence-electron chi connectivity index (χ4n) is 9.66. The average molecular weight is 1020 g/mol. The molecule has 0 bridgehead atoms. The number of carbonyl (C=O) groups is 2. The predicted molar refractivity (Wildman–Crippen MR) is 307 cm³/mol. The number of carbonyl (C=O) groups excluding carboxylic acids is 2. The molecular formula is C62H72N10O4. The van der Waals surface area contributed by atoms with Crippen molar-refractivity contribution in [1.82, 2.24) is 34.7 Å². The maximum atomic E-state index is 13.1. The molecule has 2 N–H and O–H groups in total. The molecule has 14 nitrogen and oxygen atoms in total. The Hall–Kier alpha value is -7.86. The number of piperazine rings is 1. The number of ether oxygens (including phenoxy) is 2. The molecular weight excluding hydrogens is 949 g/mol. The minimum absolute atomic E-state index is 0.178. The van der Waals surface area contributed by atoms with E-state index in [2.05, 4.69) is 107 Å². The van der Waals surface area contributed by atoms with Gasteiger partial charge in [-0.2, -0.15) is 5.10 Å². The summed E-state index contributed by atoms with van der Waals surface area (Å²) < 4.78 is 12.0. The molecule has 394 valence electrons. The molecule has 2 aliphatic heterocycles. The molecule has 5 aromatic rings. The Morgan fingerprint density at radius 3 is 2.54 bits per heavy atom. The standard InChI is InChI=1S/C62H72N10O4/c1-6-50-17-11-19-58(56(50)44-73)65-30-39-75-38-10-9-14-46(2)42-72(64-5)32-13-20-60(74)70-36-34-69(35-37-70)31-12-15-48-23-27-54(28-24-48)76-45-49-21-25-51(26-22-49)47(3)71-33-29-55-59(43-71)67-61(68-62(55)63-4)53-40-52-16-7-8-18-57(52)66-41-53/h6-7,11,16-17,19,21-28,40-42,44,65H,1,3,5,8-10,13-14,18,20,29-39,43,45H2,2,4H3,(H,63,67,68)/b46-42+. The van der Waals surface area contributed by atoms with Crippen LogP contribution in [-0.2, 0) is 35.5 Å². The van der Waals surface area contributed by atoms with Gasteiger partial charge in [0.15, 0.2) is 12.1 Å². The van der Waals surface area contributed by atoms with Crippen molar-refractivity contribution in [1.29, 1.82) is 0 Å². The molecule has 14 heteroatoms. The van der Waals surface area contributed by atoms with Crippen molar-refractivity contribution >= 4 is 48.3 Å².